The van der Waals surface area contributed by atoms with E-state index in [0.717, 1.165) is 69.6 Å². The number of hydrogen-bond donors (Lipinski definition) is 0. The van der Waals surface area contributed by atoms with Crippen molar-refractivity contribution in [2.45, 2.75) is 355 Å². The molecule has 0 unspecified atom stereocenters. The lowest BCUT2D eigenvalue weighted by atomic mass is 10.0. The summed E-state index contributed by atoms with van der Waals surface area (Å²) >= 11 is 0. The Kier molecular flexibility index (Phi) is 53.5. The molecule has 0 amide bonds. The smallest absolute Gasteiger partial charge is 0.306 e. The molecule has 0 aliphatic carbocycles. The third-order valence-corrected chi connectivity index (χ3v) is 14.2. The van der Waals surface area contributed by atoms with Crippen molar-refractivity contribution in [1.82, 2.24) is 0 Å². The van der Waals surface area contributed by atoms with Gasteiger partial charge in [0, 0.05) is 19.3 Å². The van der Waals surface area contributed by atoms with Crippen molar-refractivity contribution in [3.8, 4) is 0 Å². The first kappa shape index (κ1) is 66.4. The Morgan fingerprint density at radius 1 is 0.279 bits per heavy atom. The van der Waals surface area contributed by atoms with Gasteiger partial charge in [-0.15, -0.1) is 0 Å². The third-order valence-electron chi connectivity index (χ3n) is 14.2. The highest BCUT2D eigenvalue weighted by atomic mass is 16.6. The van der Waals surface area contributed by atoms with E-state index in [4.69, 9.17) is 14.2 Å². The average Bonchev–Trinajstić information content (AvgIpc) is 3.31. The normalized spacial score (nSPS) is 12.0. The van der Waals surface area contributed by atoms with Gasteiger partial charge in [0.05, 0.1) is 0 Å². The average molecular weight is 962 g/mol. The van der Waals surface area contributed by atoms with Crippen LogP contribution in [0.15, 0.2) is 0 Å². The Morgan fingerprint density at radius 3 is 0.721 bits per heavy atom. The van der Waals surface area contributed by atoms with Gasteiger partial charge in [-0.05, 0) is 31.1 Å². The van der Waals surface area contributed by atoms with E-state index in [2.05, 4.69) is 34.6 Å². The number of esters is 3. The van der Waals surface area contributed by atoms with Crippen molar-refractivity contribution in [3.05, 3.63) is 0 Å². The molecule has 0 spiro atoms. The summed E-state index contributed by atoms with van der Waals surface area (Å²) in [5.41, 5.74) is 0. The minimum Gasteiger partial charge on any atom is -0.462 e. The molecule has 0 aromatic carbocycles. The van der Waals surface area contributed by atoms with Gasteiger partial charge in [0.25, 0.3) is 0 Å². The van der Waals surface area contributed by atoms with Crippen molar-refractivity contribution < 1.29 is 28.6 Å². The summed E-state index contributed by atoms with van der Waals surface area (Å²) in [6.07, 6.45) is 59.7. The fourth-order valence-corrected chi connectivity index (χ4v) is 9.58. The monoisotopic (exact) mass is 961 g/mol. The summed E-state index contributed by atoms with van der Waals surface area (Å²) in [4.78, 5) is 38.2. The van der Waals surface area contributed by atoms with Gasteiger partial charge in [0.1, 0.15) is 13.2 Å². The molecule has 0 aromatic rings. The van der Waals surface area contributed by atoms with Crippen LogP contribution in [0.3, 0.4) is 0 Å². The van der Waals surface area contributed by atoms with Gasteiger partial charge in [-0.2, -0.15) is 0 Å². The van der Waals surface area contributed by atoms with Gasteiger partial charge in [-0.25, -0.2) is 0 Å². The summed E-state index contributed by atoms with van der Waals surface area (Å²) in [5.74, 6) is 0.814. The van der Waals surface area contributed by atoms with Crippen LogP contribution in [0, 0.1) is 11.8 Å². The molecule has 0 saturated heterocycles. The first-order valence-electron chi connectivity index (χ1n) is 30.7. The third kappa shape index (κ3) is 55.3. The number of rotatable bonds is 56. The minimum atomic E-state index is -0.763. The molecular weight excluding hydrogens is 841 g/mol. The van der Waals surface area contributed by atoms with Gasteiger partial charge in [-0.1, -0.05) is 311 Å². The lowest BCUT2D eigenvalue weighted by Gasteiger charge is -2.18. The fourth-order valence-electron chi connectivity index (χ4n) is 9.58. The Morgan fingerprint density at radius 2 is 0.485 bits per heavy atom. The highest BCUT2D eigenvalue weighted by Gasteiger charge is 2.19. The molecule has 0 aliphatic heterocycles. The molecule has 6 nitrogen and oxygen atoms in total. The predicted octanol–water partition coefficient (Wildman–Crippen LogP) is 20.4. The molecule has 0 N–H and O–H groups in total. The number of unbranched alkanes of at least 4 members (excludes halogenated alkanes) is 41. The number of carbonyl (C=O) groups is 3. The van der Waals surface area contributed by atoms with E-state index in [0.29, 0.717) is 19.3 Å². The van der Waals surface area contributed by atoms with E-state index in [1.807, 2.05) is 0 Å². The van der Waals surface area contributed by atoms with Crippen LogP contribution in [0.5, 0.6) is 0 Å². The van der Waals surface area contributed by atoms with Crippen molar-refractivity contribution in [1.29, 1.82) is 0 Å². The van der Waals surface area contributed by atoms with Crippen LogP contribution in [0.1, 0.15) is 349 Å². The predicted molar refractivity (Wildman–Crippen MR) is 293 cm³/mol. The van der Waals surface area contributed by atoms with Crippen LogP contribution in [0.25, 0.3) is 0 Å². The number of carbonyl (C=O) groups excluding carboxylic acids is 3. The van der Waals surface area contributed by atoms with Crippen LogP contribution in [-0.4, -0.2) is 37.2 Å². The first-order valence-corrected chi connectivity index (χ1v) is 30.7. The van der Waals surface area contributed by atoms with E-state index < -0.39 is 6.10 Å². The van der Waals surface area contributed by atoms with Gasteiger partial charge >= 0.3 is 17.9 Å². The summed E-state index contributed by atoms with van der Waals surface area (Å²) < 4.78 is 16.9. The van der Waals surface area contributed by atoms with Crippen LogP contribution in [0.4, 0.5) is 0 Å². The standard InChI is InChI=1S/C62H120O6/c1-6-7-8-9-10-11-12-13-14-15-19-22-25-28-31-37-42-47-52-60(63)66-55-59(68-62(65)54-49-44-39-34-33-36-41-46-51-58(4)5)56-67-61(64)53-48-43-38-32-29-26-23-20-17-16-18-21-24-27-30-35-40-45-50-57(2)3/h57-59H,6-56H2,1-5H3/t59-/m0/s1. The van der Waals surface area contributed by atoms with E-state index in [9.17, 15) is 14.4 Å². The first-order chi connectivity index (χ1) is 33.2. The second kappa shape index (κ2) is 54.7. The quantitative estimate of drug-likeness (QED) is 0.0343. The minimum absolute atomic E-state index is 0.0629. The molecule has 0 aromatic heterocycles. The molecule has 0 rings (SSSR count). The van der Waals surface area contributed by atoms with E-state index in [1.165, 1.54) is 238 Å². The molecule has 1 atom stereocenters. The molecule has 0 aliphatic rings. The lowest BCUT2D eigenvalue weighted by molar-refractivity contribution is -0.167. The largest absolute Gasteiger partial charge is 0.462 e. The highest BCUT2D eigenvalue weighted by molar-refractivity contribution is 5.71. The summed E-state index contributed by atoms with van der Waals surface area (Å²) in [7, 11) is 0. The van der Waals surface area contributed by atoms with Crippen molar-refractivity contribution in [3.63, 3.8) is 0 Å². The van der Waals surface area contributed by atoms with Gasteiger partial charge in [0.2, 0.25) is 0 Å². The Bertz CT molecular complexity index is 1040. The van der Waals surface area contributed by atoms with Crippen LogP contribution >= 0.6 is 0 Å². The zero-order chi connectivity index (χ0) is 49.6. The van der Waals surface area contributed by atoms with Crippen molar-refractivity contribution >= 4 is 17.9 Å². The van der Waals surface area contributed by atoms with Crippen molar-refractivity contribution in [2.75, 3.05) is 13.2 Å². The molecular formula is C62H120O6. The zero-order valence-electron chi connectivity index (χ0n) is 46.7. The van der Waals surface area contributed by atoms with E-state index in [-0.39, 0.29) is 31.1 Å². The van der Waals surface area contributed by atoms with Crippen LogP contribution in [-0.2, 0) is 28.6 Å². The molecule has 404 valence electrons. The van der Waals surface area contributed by atoms with Crippen LogP contribution in [0.2, 0.25) is 0 Å². The summed E-state index contributed by atoms with van der Waals surface area (Å²) in [5, 5.41) is 0. The van der Waals surface area contributed by atoms with E-state index in [1.54, 1.807) is 0 Å². The molecule has 0 bridgehead atoms. The zero-order valence-corrected chi connectivity index (χ0v) is 46.7. The van der Waals surface area contributed by atoms with Gasteiger partial charge in [-0.3, -0.25) is 14.4 Å². The fraction of sp³-hybridized carbons (Fsp3) is 0.952. The molecule has 0 radical (unpaired) electrons. The molecule has 0 saturated carbocycles. The topological polar surface area (TPSA) is 78.9 Å². The summed E-state index contributed by atoms with van der Waals surface area (Å²) in [6, 6.07) is 0. The van der Waals surface area contributed by atoms with E-state index >= 15 is 0 Å². The Balaban J connectivity index is 4.20. The molecule has 68 heavy (non-hydrogen) atoms. The van der Waals surface area contributed by atoms with Crippen molar-refractivity contribution in [2.24, 2.45) is 11.8 Å². The number of hydrogen-bond acceptors (Lipinski definition) is 6. The highest BCUT2D eigenvalue weighted by Crippen LogP contribution is 2.19. The Labute approximate surface area is 425 Å². The maximum Gasteiger partial charge on any atom is 0.306 e. The molecule has 0 fully saturated rings. The van der Waals surface area contributed by atoms with Gasteiger partial charge < -0.3 is 14.2 Å². The maximum absolute atomic E-state index is 12.8. The molecule has 0 heterocycles. The second-order valence-corrected chi connectivity index (χ2v) is 22.3. The Hall–Kier alpha value is -1.59. The SMILES string of the molecule is CCCCCCCCCCCCCCCCCCCCC(=O)OC[C@@H](COC(=O)CCCCCCCCCCCCCCCCCCCCC(C)C)OC(=O)CCCCCCCCCCC(C)C. The maximum atomic E-state index is 12.8. The number of ether oxygens (including phenoxy) is 3. The summed E-state index contributed by atoms with van der Waals surface area (Å²) in [6.45, 7) is 11.4. The van der Waals surface area contributed by atoms with Gasteiger partial charge in [0.15, 0.2) is 6.10 Å². The second-order valence-electron chi connectivity index (χ2n) is 22.3. The molecule has 6 heteroatoms. The van der Waals surface area contributed by atoms with Crippen LogP contribution < -0.4 is 0 Å². The lowest BCUT2D eigenvalue weighted by Crippen LogP contribution is -2.30.